The van der Waals surface area contributed by atoms with Gasteiger partial charge in [-0.15, -0.1) is 0 Å². The number of hydrogen-bond acceptors (Lipinski definition) is 5. The van der Waals surface area contributed by atoms with Crippen molar-refractivity contribution < 1.29 is 8.42 Å². The van der Waals surface area contributed by atoms with Crippen LogP contribution in [0.15, 0.2) is 6.33 Å². The maximum atomic E-state index is 10.9. The van der Waals surface area contributed by atoms with E-state index in [1.165, 1.54) is 17.3 Å². The smallest absolute Gasteiger partial charge is 0.164 e. The van der Waals surface area contributed by atoms with Crippen LogP contribution in [-0.2, 0) is 22.9 Å². The molecule has 0 aliphatic carbocycles. The van der Waals surface area contributed by atoms with Crippen molar-refractivity contribution >= 4 is 9.84 Å². The van der Waals surface area contributed by atoms with Gasteiger partial charge in [0.15, 0.2) is 5.82 Å². The van der Waals surface area contributed by atoms with Crippen molar-refractivity contribution in [1.82, 2.24) is 20.1 Å². The summed E-state index contributed by atoms with van der Waals surface area (Å²) in [5.74, 6) is 0.760. The molecule has 7 heteroatoms. The first-order valence-corrected chi connectivity index (χ1v) is 6.28. The van der Waals surface area contributed by atoms with Gasteiger partial charge >= 0.3 is 0 Å². The first kappa shape index (κ1) is 11.1. The molecule has 14 heavy (non-hydrogen) atoms. The number of rotatable bonds is 5. The van der Waals surface area contributed by atoms with Crippen LogP contribution in [0.1, 0.15) is 5.82 Å². The molecule has 0 aliphatic rings. The molecule has 1 N–H and O–H groups in total. The van der Waals surface area contributed by atoms with Gasteiger partial charge in [-0.1, -0.05) is 0 Å². The maximum Gasteiger partial charge on any atom is 0.164 e. The second-order valence-electron chi connectivity index (χ2n) is 3.08. The van der Waals surface area contributed by atoms with Gasteiger partial charge in [-0.3, -0.25) is 4.68 Å². The van der Waals surface area contributed by atoms with Crippen molar-refractivity contribution in [2.75, 3.05) is 19.1 Å². The molecule has 0 fully saturated rings. The summed E-state index contributed by atoms with van der Waals surface area (Å²) in [4.78, 5) is 4.00. The van der Waals surface area contributed by atoms with Crippen molar-refractivity contribution in [2.45, 2.75) is 13.1 Å². The summed E-state index contributed by atoms with van der Waals surface area (Å²) in [6.07, 6.45) is 2.75. The van der Waals surface area contributed by atoms with Gasteiger partial charge in [0.25, 0.3) is 0 Å². The Hall–Kier alpha value is -0.950. The molecular weight excluding hydrogens is 204 g/mol. The molecule has 80 valence electrons. The van der Waals surface area contributed by atoms with Crippen LogP contribution >= 0.6 is 0 Å². The number of nitrogens with zero attached hydrogens (tertiary/aromatic N) is 3. The lowest BCUT2D eigenvalue weighted by Crippen LogP contribution is -2.12. The van der Waals surface area contributed by atoms with E-state index in [1.807, 2.05) is 0 Å². The average Bonchev–Trinajstić information content (AvgIpc) is 2.49. The van der Waals surface area contributed by atoms with Gasteiger partial charge in [-0.05, 0) is 7.05 Å². The Balaban J connectivity index is 2.52. The van der Waals surface area contributed by atoms with Crippen LogP contribution < -0.4 is 5.32 Å². The molecule has 0 saturated heterocycles. The molecule has 0 aliphatic heterocycles. The Morgan fingerprint density at radius 2 is 2.29 bits per heavy atom. The second kappa shape index (κ2) is 4.52. The van der Waals surface area contributed by atoms with Crippen LogP contribution in [0.5, 0.6) is 0 Å². The highest BCUT2D eigenvalue weighted by Crippen LogP contribution is 1.91. The van der Waals surface area contributed by atoms with Gasteiger partial charge in [0.05, 0.1) is 18.8 Å². The van der Waals surface area contributed by atoms with Crippen molar-refractivity contribution in [1.29, 1.82) is 0 Å². The van der Waals surface area contributed by atoms with Gasteiger partial charge in [-0.25, -0.2) is 13.4 Å². The summed E-state index contributed by atoms with van der Waals surface area (Å²) in [6, 6.07) is 0. The highest BCUT2D eigenvalue weighted by atomic mass is 32.2. The Kier molecular flexibility index (Phi) is 3.59. The first-order valence-electron chi connectivity index (χ1n) is 4.22. The van der Waals surface area contributed by atoms with Gasteiger partial charge < -0.3 is 5.32 Å². The van der Waals surface area contributed by atoms with Gasteiger partial charge in [0.2, 0.25) is 0 Å². The Labute approximate surface area is 83.3 Å². The number of aromatic nitrogens is 3. The third kappa shape index (κ3) is 3.84. The van der Waals surface area contributed by atoms with Crippen molar-refractivity contribution in [3.8, 4) is 0 Å². The molecule has 6 nitrogen and oxygen atoms in total. The van der Waals surface area contributed by atoms with Crippen LogP contribution in [0.4, 0.5) is 0 Å². The zero-order valence-electron chi connectivity index (χ0n) is 8.27. The molecule has 0 atom stereocenters. The third-order valence-electron chi connectivity index (χ3n) is 1.61. The fraction of sp³-hybridized carbons (Fsp3) is 0.714. The van der Waals surface area contributed by atoms with E-state index in [2.05, 4.69) is 15.4 Å². The van der Waals surface area contributed by atoms with Crippen LogP contribution in [-0.4, -0.2) is 42.2 Å². The Morgan fingerprint density at radius 3 is 2.86 bits per heavy atom. The van der Waals surface area contributed by atoms with Gasteiger partial charge in [0, 0.05) is 6.26 Å². The highest BCUT2D eigenvalue weighted by molar-refractivity contribution is 7.90. The van der Waals surface area contributed by atoms with E-state index in [0.717, 1.165) is 0 Å². The minimum Gasteiger partial charge on any atom is -0.313 e. The third-order valence-corrected chi connectivity index (χ3v) is 2.53. The van der Waals surface area contributed by atoms with E-state index in [0.29, 0.717) is 18.9 Å². The van der Waals surface area contributed by atoms with Crippen molar-refractivity contribution in [3.05, 3.63) is 12.2 Å². The maximum absolute atomic E-state index is 10.9. The van der Waals surface area contributed by atoms with Crippen LogP contribution in [0.2, 0.25) is 0 Å². The average molecular weight is 218 g/mol. The molecule has 1 heterocycles. The molecule has 0 saturated carbocycles. The lowest BCUT2D eigenvalue weighted by molar-refractivity contribution is 0.583. The zero-order chi connectivity index (χ0) is 10.6. The number of aryl methyl sites for hydroxylation is 1. The lowest BCUT2D eigenvalue weighted by atomic mass is 10.6. The molecule has 0 bridgehead atoms. The van der Waals surface area contributed by atoms with E-state index in [4.69, 9.17) is 0 Å². The number of nitrogens with one attached hydrogen (secondary N) is 1. The topological polar surface area (TPSA) is 76.9 Å². The predicted molar refractivity (Wildman–Crippen MR) is 52.5 cm³/mol. The molecule has 0 radical (unpaired) electrons. The first-order chi connectivity index (χ1) is 6.51. The fourth-order valence-corrected chi connectivity index (χ4v) is 1.46. The minimum atomic E-state index is -2.93. The van der Waals surface area contributed by atoms with Crippen LogP contribution in [0.25, 0.3) is 0 Å². The highest BCUT2D eigenvalue weighted by Gasteiger charge is 2.04. The summed E-state index contributed by atoms with van der Waals surface area (Å²) in [7, 11) is -1.13. The van der Waals surface area contributed by atoms with Gasteiger partial charge in [-0.2, -0.15) is 5.10 Å². The zero-order valence-corrected chi connectivity index (χ0v) is 9.08. The molecule has 1 rings (SSSR count). The quantitative estimate of drug-likeness (QED) is 0.689. The van der Waals surface area contributed by atoms with Crippen LogP contribution in [0.3, 0.4) is 0 Å². The largest absolute Gasteiger partial charge is 0.313 e. The number of hydrogen-bond donors (Lipinski definition) is 1. The van der Waals surface area contributed by atoms with E-state index < -0.39 is 9.84 Å². The van der Waals surface area contributed by atoms with E-state index in [9.17, 15) is 8.42 Å². The standard InChI is InChI=1S/C7H14N4O2S/c1-8-5-7-9-6-11(10-7)3-4-14(2,12)13/h6,8H,3-5H2,1-2H3. The van der Waals surface area contributed by atoms with Crippen LogP contribution in [0, 0.1) is 0 Å². The minimum absolute atomic E-state index is 0.0926. The van der Waals surface area contributed by atoms with Crippen molar-refractivity contribution in [3.63, 3.8) is 0 Å². The summed E-state index contributed by atoms with van der Waals surface area (Å²) in [5, 5.41) is 6.99. The molecular formula is C7H14N4O2S. The van der Waals surface area contributed by atoms with E-state index >= 15 is 0 Å². The van der Waals surface area contributed by atoms with E-state index in [-0.39, 0.29) is 5.75 Å². The molecule has 1 aromatic rings. The van der Waals surface area contributed by atoms with E-state index in [1.54, 1.807) is 7.05 Å². The molecule has 1 aromatic heterocycles. The number of sulfone groups is 1. The summed E-state index contributed by atoms with van der Waals surface area (Å²) in [6.45, 7) is 0.946. The molecule has 0 amide bonds. The van der Waals surface area contributed by atoms with Gasteiger partial charge in [0.1, 0.15) is 16.2 Å². The normalized spacial score (nSPS) is 11.9. The molecule has 0 aromatic carbocycles. The Bertz CT molecular complexity index is 384. The summed E-state index contributed by atoms with van der Waals surface area (Å²) < 4.78 is 23.3. The molecule has 0 unspecified atom stereocenters. The fourth-order valence-electron chi connectivity index (χ4n) is 0.939. The summed E-state index contributed by atoms with van der Waals surface area (Å²) in [5.41, 5.74) is 0. The predicted octanol–water partition coefficient (Wildman–Crippen LogP) is -0.958. The summed E-state index contributed by atoms with van der Waals surface area (Å²) >= 11 is 0. The Morgan fingerprint density at radius 1 is 1.57 bits per heavy atom. The monoisotopic (exact) mass is 218 g/mol. The second-order valence-corrected chi connectivity index (χ2v) is 5.34. The van der Waals surface area contributed by atoms with Crippen molar-refractivity contribution in [2.24, 2.45) is 0 Å². The molecule has 0 spiro atoms. The lowest BCUT2D eigenvalue weighted by Gasteiger charge is -1.97. The SMILES string of the molecule is CNCc1ncn(CCS(C)(=O)=O)n1.